The predicted octanol–water partition coefficient (Wildman–Crippen LogP) is 5.59. The van der Waals surface area contributed by atoms with Gasteiger partial charge in [0, 0.05) is 41.3 Å². The highest BCUT2D eigenvalue weighted by Gasteiger charge is 2.39. The van der Waals surface area contributed by atoms with Crippen LogP contribution in [0, 0.1) is 0 Å². The first-order valence-electron chi connectivity index (χ1n) is 12.6. The first kappa shape index (κ1) is 28.6. The Bertz CT molecular complexity index is 1390. The summed E-state index contributed by atoms with van der Waals surface area (Å²) >= 11 is 0. The van der Waals surface area contributed by atoms with Gasteiger partial charge in [0.1, 0.15) is 18.1 Å². The molecule has 1 atom stereocenters. The summed E-state index contributed by atoms with van der Waals surface area (Å²) in [7, 11) is -2.05. The van der Waals surface area contributed by atoms with Crippen molar-refractivity contribution in [2.24, 2.45) is 5.73 Å². The number of carbonyl (C=O) groups excluding carboxylic acids is 1. The van der Waals surface area contributed by atoms with Gasteiger partial charge in [-0.15, -0.1) is 5.10 Å². The second kappa shape index (κ2) is 10.3. The standard InChI is InChI=1S/C26H32F3N7O2Si/c1-15(38-39(5,6)25(2,3)4)23-31-11-18(12-32-23)19(22(30)37)13-36-14-33-24(35-36)17-9-20(16-7-8-16)34-21(10-17)26(27,28)29/h9-16H,7-8H2,1-6H3,(H2,30,37)/b19-13+. The van der Waals surface area contributed by atoms with Crippen LogP contribution in [0.25, 0.3) is 23.2 Å². The van der Waals surface area contributed by atoms with E-state index in [1.54, 1.807) is 6.07 Å². The van der Waals surface area contributed by atoms with Crippen molar-refractivity contribution in [1.82, 2.24) is 29.7 Å². The normalized spacial score (nSPS) is 15.9. The second-order valence-corrected chi connectivity index (χ2v) is 16.0. The molecule has 9 nitrogen and oxygen atoms in total. The molecule has 1 aliphatic carbocycles. The van der Waals surface area contributed by atoms with Crippen LogP contribution in [-0.4, -0.2) is 43.9 Å². The molecule has 2 N–H and O–H groups in total. The van der Waals surface area contributed by atoms with Gasteiger partial charge < -0.3 is 10.2 Å². The van der Waals surface area contributed by atoms with Crippen molar-refractivity contribution in [3.05, 3.63) is 53.6 Å². The Balaban J connectivity index is 1.59. The van der Waals surface area contributed by atoms with Gasteiger partial charge in [-0.05, 0) is 50.0 Å². The van der Waals surface area contributed by atoms with Gasteiger partial charge in [-0.2, -0.15) is 13.2 Å². The Hall–Kier alpha value is -3.45. The molecule has 4 rings (SSSR count). The summed E-state index contributed by atoms with van der Waals surface area (Å²) in [5.41, 5.74) is 5.59. The van der Waals surface area contributed by atoms with Gasteiger partial charge in [-0.1, -0.05) is 20.8 Å². The van der Waals surface area contributed by atoms with Crippen molar-refractivity contribution in [3.63, 3.8) is 0 Å². The average molecular weight is 560 g/mol. The molecule has 39 heavy (non-hydrogen) atoms. The highest BCUT2D eigenvalue weighted by atomic mass is 28.4. The zero-order valence-electron chi connectivity index (χ0n) is 22.7. The molecule has 1 unspecified atom stereocenters. The van der Waals surface area contributed by atoms with E-state index < -0.39 is 26.1 Å². The van der Waals surface area contributed by atoms with Crippen LogP contribution >= 0.6 is 0 Å². The topological polar surface area (TPSA) is 122 Å². The summed E-state index contributed by atoms with van der Waals surface area (Å²) in [6, 6.07) is 2.49. The minimum absolute atomic E-state index is 0.00691. The third-order valence-electron chi connectivity index (χ3n) is 7.05. The lowest BCUT2D eigenvalue weighted by atomic mass is 10.1. The molecule has 1 amide bonds. The third kappa shape index (κ3) is 6.59. The van der Waals surface area contributed by atoms with Crippen LogP contribution in [-0.2, 0) is 15.4 Å². The van der Waals surface area contributed by atoms with E-state index in [0.29, 0.717) is 17.1 Å². The number of alkyl halides is 3. The molecule has 0 aliphatic heterocycles. The molecule has 0 aromatic carbocycles. The van der Waals surface area contributed by atoms with Crippen molar-refractivity contribution in [3.8, 4) is 11.4 Å². The minimum Gasteiger partial charge on any atom is -0.407 e. The van der Waals surface area contributed by atoms with Crippen LogP contribution in [0.5, 0.6) is 0 Å². The molecule has 0 radical (unpaired) electrons. The van der Waals surface area contributed by atoms with E-state index >= 15 is 0 Å². The largest absolute Gasteiger partial charge is 0.433 e. The molecule has 1 saturated carbocycles. The van der Waals surface area contributed by atoms with E-state index in [2.05, 4.69) is 58.9 Å². The Morgan fingerprint density at radius 3 is 2.33 bits per heavy atom. The molecule has 0 bridgehead atoms. The fraction of sp³-hybridized carbons (Fsp3) is 0.462. The first-order chi connectivity index (χ1) is 18.0. The van der Waals surface area contributed by atoms with E-state index in [0.717, 1.165) is 18.9 Å². The zero-order chi connectivity index (χ0) is 28.8. The van der Waals surface area contributed by atoms with Gasteiger partial charge >= 0.3 is 6.18 Å². The number of hydrogen-bond donors (Lipinski definition) is 1. The smallest absolute Gasteiger partial charge is 0.407 e. The van der Waals surface area contributed by atoms with Crippen molar-refractivity contribution < 1.29 is 22.4 Å². The Morgan fingerprint density at radius 2 is 1.79 bits per heavy atom. The van der Waals surface area contributed by atoms with Crippen molar-refractivity contribution in [2.45, 2.75) is 76.9 Å². The molecule has 3 aromatic rings. The SMILES string of the molecule is CC(O[Si](C)(C)C(C)(C)C)c1ncc(/C(=C\n2cnc(-c3cc(C4CC4)nc(C(F)(F)F)c3)n2)C(N)=O)cn1. The third-order valence-corrected chi connectivity index (χ3v) is 11.6. The average Bonchev–Trinajstić information content (AvgIpc) is 3.58. The summed E-state index contributed by atoms with van der Waals surface area (Å²) in [6.07, 6.45) is 2.21. The highest BCUT2D eigenvalue weighted by Crippen LogP contribution is 2.42. The van der Waals surface area contributed by atoms with Crippen LogP contribution in [0.1, 0.15) is 75.3 Å². The number of primary amides is 1. The van der Waals surface area contributed by atoms with Gasteiger partial charge in [0.2, 0.25) is 0 Å². The van der Waals surface area contributed by atoms with Crippen LogP contribution in [0.4, 0.5) is 13.2 Å². The Labute approximate surface area is 225 Å². The summed E-state index contributed by atoms with van der Waals surface area (Å²) in [5, 5.41) is 4.27. The maximum Gasteiger partial charge on any atom is 0.433 e. The molecule has 0 saturated heterocycles. The maximum atomic E-state index is 13.4. The molecular formula is C26H32F3N7O2Si. The Morgan fingerprint density at radius 1 is 1.15 bits per heavy atom. The number of carbonyl (C=O) groups is 1. The van der Waals surface area contributed by atoms with Crippen LogP contribution in [0.2, 0.25) is 18.1 Å². The number of pyridine rings is 1. The molecule has 13 heteroatoms. The lowest BCUT2D eigenvalue weighted by Gasteiger charge is -2.38. The zero-order valence-corrected chi connectivity index (χ0v) is 23.7. The highest BCUT2D eigenvalue weighted by molar-refractivity contribution is 6.74. The number of rotatable bonds is 8. The molecule has 208 valence electrons. The second-order valence-electron chi connectivity index (χ2n) is 11.2. The summed E-state index contributed by atoms with van der Waals surface area (Å²) in [5.74, 6) is -0.214. The van der Waals surface area contributed by atoms with Crippen LogP contribution < -0.4 is 5.73 Å². The van der Waals surface area contributed by atoms with Crippen LogP contribution in [0.3, 0.4) is 0 Å². The summed E-state index contributed by atoms with van der Waals surface area (Å²) in [6.45, 7) is 12.6. The lowest BCUT2D eigenvalue weighted by molar-refractivity contribution is -0.141. The molecule has 1 aliphatic rings. The monoisotopic (exact) mass is 559 g/mol. The Kier molecular flexibility index (Phi) is 7.51. The maximum absolute atomic E-state index is 13.4. The molecule has 1 fully saturated rings. The van der Waals surface area contributed by atoms with E-state index in [-0.39, 0.29) is 34.0 Å². The minimum atomic E-state index is -4.60. The molecule has 3 heterocycles. The van der Waals surface area contributed by atoms with E-state index in [9.17, 15) is 18.0 Å². The fourth-order valence-electron chi connectivity index (χ4n) is 3.65. The van der Waals surface area contributed by atoms with Gasteiger partial charge in [0.05, 0.1) is 5.57 Å². The van der Waals surface area contributed by atoms with Crippen molar-refractivity contribution >= 4 is 26.0 Å². The van der Waals surface area contributed by atoms with Gasteiger partial charge in [0.25, 0.3) is 5.91 Å². The lowest BCUT2D eigenvalue weighted by Crippen LogP contribution is -2.41. The van der Waals surface area contributed by atoms with Crippen molar-refractivity contribution in [1.29, 1.82) is 0 Å². The molecule has 3 aromatic heterocycles. The molecular weight excluding hydrogens is 527 g/mol. The van der Waals surface area contributed by atoms with Crippen LogP contribution in [0.15, 0.2) is 30.9 Å². The number of nitrogens with two attached hydrogens (primary N) is 1. The fourth-order valence-corrected chi connectivity index (χ4v) is 5.00. The summed E-state index contributed by atoms with van der Waals surface area (Å²) < 4.78 is 47.8. The number of aromatic nitrogens is 6. The summed E-state index contributed by atoms with van der Waals surface area (Å²) in [4.78, 5) is 29.0. The number of amides is 1. The first-order valence-corrected chi connectivity index (χ1v) is 15.5. The van der Waals surface area contributed by atoms with Crippen molar-refractivity contribution in [2.75, 3.05) is 0 Å². The van der Waals surface area contributed by atoms with Gasteiger partial charge in [-0.3, -0.25) is 4.79 Å². The van der Waals surface area contributed by atoms with E-state index in [4.69, 9.17) is 10.2 Å². The quantitative estimate of drug-likeness (QED) is 0.282. The van der Waals surface area contributed by atoms with E-state index in [1.165, 1.54) is 29.6 Å². The number of nitrogens with zero attached hydrogens (tertiary/aromatic N) is 6. The predicted molar refractivity (Wildman–Crippen MR) is 142 cm³/mol. The number of halogens is 3. The van der Waals surface area contributed by atoms with Gasteiger partial charge in [-0.25, -0.2) is 24.6 Å². The van der Waals surface area contributed by atoms with Gasteiger partial charge in [0.15, 0.2) is 20.0 Å². The number of hydrogen-bond acceptors (Lipinski definition) is 7. The van der Waals surface area contributed by atoms with E-state index in [1.807, 2.05) is 6.92 Å². The molecule has 0 spiro atoms.